The lowest BCUT2D eigenvalue weighted by Crippen LogP contribution is -2.49. The Bertz CT molecular complexity index is 836. The first kappa shape index (κ1) is 20.8. The number of carbonyl (C=O) groups is 1. The highest BCUT2D eigenvalue weighted by Crippen LogP contribution is 2.25. The summed E-state index contributed by atoms with van der Waals surface area (Å²) >= 11 is 0. The van der Waals surface area contributed by atoms with Gasteiger partial charge in [0.2, 0.25) is 15.9 Å². The van der Waals surface area contributed by atoms with Crippen molar-refractivity contribution in [2.24, 2.45) is 0 Å². The summed E-state index contributed by atoms with van der Waals surface area (Å²) in [7, 11) is -2.10. The third kappa shape index (κ3) is 5.72. The topological polar surface area (TPSA) is 75.7 Å². The highest BCUT2D eigenvalue weighted by molar-refractivity contribution is 7.92. The van der Waals surface area contributed by atoms with Gasteiger partial charge in [0.1, 0.15) is 11.8 Å². The van der Waals surface area contributed by atoms with Crippen molar-refractivity contribution < 1.29 is 17.9 Å². The fraction of sp³-hybridized carbons (Fsp3) is 0.350. The van der Waals surface area contributed by atoms with E-state index in [1.807, 2.05) is 30.3 Å². The van der Waals surface area contributed by atoms with Gasteiger partial charge in [0, 0.05) is 6.54 Å². The minimum Gasteiger partial charge on any atom is -0.497 e. The van der Waals surface area contributed by atoms with E-state index in [4.69, 9.17) is 4.74 Å². The molecule has 2 rings (SSSR count). The summed E-state index contributed by atoms with van der Waals surface area (Å²) < 4.78 is 31.1. The number of hydrogen-bond acceptors (Lipinski definition) is 4. The van der Waals surface area contributed by atoms with Crippen LogP contribution in [0, 0.1) is 0 Å². The molecule has 0 unspecified atom stereocenters. The first-order valence-electron chi connectivity index (χ1n) is 8.82. The van der Waals surface area contributed by atoms with Crippen molar-refractivity contribution in [1.29, 1.82) is 0 Å². The van der Waals surface area contributed by atoms with Gasteiger partial charge in [-0.15, -0.1) is 0 Å². The maximum absolute atomic E-state index is 12.7. The molecule has 0 fully saturated rings. The van der Waals surface area contributed by atoms with Crippen LogP contribution >= 0.6 is 0 Å². The molecule has 0 spiro atoms. The fourth-order valence-corrected chi connectivity index (χ4v) is 4.09. The standard InChI is InChI=1S/C20H26N2O4S/c1-4-19(20(23)21-15-14-16-8-6-5-7-9-16)22(27(3,24)25)17-10-12-18(26-2)13-11-17/h5-13,19H,4,14-15H2,1-3H3,(H,21,23)/t19-/m0/s1. The van der Waals surface area contributed by atoms with Gasteiger partial charge < -0.3 is 10.1 Å². The Morgan fingerprint density at radius 3 is 2.26 bits per heavy atom. The van der Waals surface area contributed by atoms with Gasteiger partial charge in [-0.2, -0.15) is 0 Å². The van der Waals surface area contributed by atoms with Crippen molar-refractivity contribution in [3.05, 3.63) is 60.2 Å². The molecule has 0 aliphatic heterocycles. The highest BCUT2D eigenvalue weighted by atomic mass is 32.2. The number of amides is 1. The molecule has 1 amide bonds. The number of hydrogen-bond donors (Lipinski definition) is 1. The van der Waals surface area contributed by atoms with E-state index in [9.17, 15) is 13.2 Å². The van der Waals surface area contributed by atoms with E-state index in [2.05, 4.69) is 5.32 Å². The number of sulfonamides is 1. The van der Waals surface area contributed by atoms with Gasteiger partial charge in [-0.3, -0.25) is 9.10 Å². The minimum absolute atomic E-state index is 0.310. The van der Waals surface area contributed by atoms with Crippen molar-refractivity contribution in [3.63, 3.8) is 0 Å². The summed E-state index contributed by atoms with van der Waals surface area (Å²) in [5.41, 5.74) is 1.55. The fourth-order valence-electron chi connectivity index (χ4n) is 2.88. The molecule has 0 radical (unpaired) electrons. The van der Waals surface area contributed by atoms with Crippen LogP contribution in [0.4, 0.5) is 5.69 Å². The van der Waals surface area contributed by atoms with E-state index in [-0.39, 0.29) is 5.91 Å². The van der Waals surface area contributed by atoms with Crippen LogP contribution in [-0.4, -0.2) is 40.3 Å². The zero-order chi connectivity index (χ0) is 19.9. The molecule has 0 saturated heterocycles. The third-order valence-corrected chi connectivity index (χ3v) is 5.39. The third-order valence-electron chi connectivity index (χ3n) is 4.21. The van der Waals surface area contributed by atoms with Crippen LogP contribution in [0.2, 0.25) is 0 Å². The van der Waals surface area contributed by atoms with Gasteiger partial charge in [0.15, 0.2) is 0 Å². The van der Waals surface area contributed by atoms with E-state index in [1.165, 1.54) is 4.31 Å². The summed E-state index contributed by atoms with van der Waals surface area (Å²) in [5, 5.41) is 2.86. The van der Waals surface area contributed by atoms with Crippen LogP contribution in [0.25, 0.3) is 0 Å². The molecule has 146 valence electrons. The molecular weight excluding hydrogens is 364 g/mol. The Morgan fingerprint density at radius 1 is 1.11 bits per heavy atom. The number of nitrogens with zero attached hydrogens (tertiary/aromatic N) is 1. The molecule has 2 aromatic carbocycles. The SMILES string of the molecule is CC[C@@H](C(=O)NCCc1ccccc1)N(c1ccc(OC)cc1)S(C)(=O)=O. The number of nitrogens with one attached hydrogen (secondary N) is 1. The van der Waals surface area contributed by atoms with E-state index >= 15 is 0 Å². The monoisotopic (exact) mass is 390 g/mol. The molecule has 27 heavy (non-hydrogen) atoms. The first-order chi connectivity index (χ1) is 12.9. The van der Waals surface area contributed by atoms with E-state index in [1.54, 1.807) is 38.3 Å². The lowest BCUT2D eigenvalue weighted by atomic mass is 10.1. The molecular formula is C20H26N2O4S. The second-order valence-corrected chi connectivity index (χ2v) is 8.07. The molecule has 7 heteroatoms. The molecule has 0 aliphatic carbocycles. The van der Waals surface area contributed by atoms with Gasteiger partial charge in [0.25, 0.3) is 0 Å². The summed E-state index contributed by atoms with van der Waals surface area (Å²) in [6, 6.07) is 15.6. The average Bonchev–Trinajstić information content (AvgIpc) is 2.66. The van der Waals surface area contributed by atoms with E-state index in [0.717, 1.165) is 11.8 Å². The summed E-state index contributed by atoms with van der Waals surface area (Å²) in [6.45, 7) is 2.24. The molecule has 1 N–H and O–H groups in total. The van der Waals surface area contributed by atoms with E-state index < -0.39 is 16.1 Å². The number of methoxy groups -OCH3 is 1. The lowest BCUT2D eigenvalue weighted by Gasteiger charge is -2.30. The quantitative estimate of drug-likeness (QED) is 0.714. The number of rotatable bonds is 9. The van der Waals surface area contributed by atoms with Gasteiger partial charge >= 0.3 is 0 Å². The van der Waals surface area contributed by atoms with Crippen molar-refractivity contribution in [2.45, 2.75) is 25.8 Å². The van der Waals surface area contributed by atoms with Crippen molar-refractivity contribution in [3.8, 4) is 5.75 Å². The Balaban J connectivity index is 2.14. The van der Waals surface area contributed by atoms with Crippen molar-refractivity contribution >= 4 is 21.6 Å². The summed E-state index contributed by atoms with van der Waals surface area (Å²) in [5.74, 6) is 0.308. The predicted octanol–water partition coefficient (Wildman–Crippen LogP) is 2.60. The second kappa shape index (κ2) is 9.41. The van der Waals surface area contributed by atoms with Gasteiger partial charge in [0.05, 0.1) is 19.1 Å². The molecule has 0 bridgehead atoms. The minimum atomic E-state index is -3.64. The Hall–Kier alpha value is -2.54. The Morgan fingerprint density at radius 2 is 1.74 bits per heavy atom. The normalized spacial score (nSPS) is 12.3. The van der Waals surface area contributed by atoms with Gasteiger partial charge in [-0.05, 0) is 42.7 Å². The molecule has 0 heterocycles. The average molecular weight is 391 g/mol. The van der Waals surface area contributed by atoms with Gasteiger partial charge in [-0.1, -0.05) is 37.3 Å². The Kier molecular flexibility index (Phi) is 7.24. The van der Waals surface area contributed by atoms with Crippen LogP contribution in [-0.2, 0) is 21.2 Å². The first-order valence-corrected chi connectivity index (χ1v) is 10.7. The Labute approximate surface area is 161 Å². The smallest absolute Gasteiger partial charge is 0.243 e. The van der Waals surface area contributed by atoms with Crippen LogP contribution in [0.5, 0.6) is 5.75 Å². The zero-order valence-electron chi connectivity index (χ0n) is 15.9. The van der Waals surface area contributed by atoms with Crippen molar-refractivity contribution in [1.82, 2.24) is 5.32 Å². The highest BCUT2D eigenvalue weighted by Gasteiger charge is 2.31. The summed E-state index contributed by atoms with van der Waals surface area (Å²) in [6.07, 6.45) is 2.15. The predicted molar refractivity (Wildman–Crippen MR) is 108 cm³/mol. The molecule has 2 aromatic rings. The van der Waals surface area contributed by atoms with Crippen LogP contribution in [0.15, 0.2) is 54.6 Å². The van der Waals surface area contributed by atoms with Gasteiger partial charge in [-0.25, -0.2) is 8.42 Å². The number of carbonyl (C=O) groups excluding carboxylic acids is 1. The number of benzene rings is 2. The van der Waals surface area contributed by atoms with Crippen LogP contribution in [0.3, 0.4) is 0 Å². The molecule has 0 saturated carbocycles. The zero-order valence-corrected chi connectivity index (χ0v) is 16.7. The number of ether oxygens (including phenoxy) is 1. The lowest BCUT2D eigenvalue weighted by molar-refractivity contribution is -0.122. The molecule has 0 aliphatic rings. The second-order valence-electron chi connectivity index (χ2n) is 6.21. The van der Waals surface area contributed by atoms with Crippen LogP contribution < -0.4 is 14.4 Å². The molecule has 0 aromatic heterocycles. The number of anilines is 1. The van der Waals surface area contributed by atoms with E-state index in [0.29, 0.717) is 30.8 Å². The largest absolute Gasteiger partial charge is 0.497 e. The maximum Gasteiger partial charge on any atom is 0.243 e. The summed E-state index contributed by atoms with van der Waals surface area (Å²) in [4.78, 5) is 12.7. The molecule has 1 atom stereocenters. The molecule has 6 nitrogen and oxygen atoms in total. The van der Waals surface area contributed by atoms with Crippen LogP contribution in [0.1, 0.15) is 18.9 Å². The van der Waals surface area contributed by atoms with Crippen molar-refractivity contribution in [2.75, 3.05) is 24.2 Å². The maximum atomic E-state index is 12.7.